The predicted molar refractivity (Wildman–Crippen MR) is 74.5 cm³/mol. The van der Waals surface area contributed by atoms with E-state index in [1.807, 2.05) is 35.0 Å². The van der Waals surface area contributed by atoms with Crippen molar-refractivity contribution in [2.24, 2.45) is 0 Å². The minimum atomic E-state index is -0.371. The largest absolute Gasteiger partial charge is 0.366 e. The van der Waals surface area contributed by atoms with Crippen molar-refractivity contribution >= 4 is 11.6 Å². The van der Waals surface area contributed by atoms with Crippen LogP contribution in [0.2, 0.25) is 0 Å². The number of amides is 1. The molecule has 0 bridgehead atoms. The van der Waals surface area contributed by atoms with Gasteiger partial charge in [-0.1, -0.05) is 6.07 Å². The SMILES string of the molecule is O=C(NCCc1cn2ccccc2n1)C1CNCCO1. The fraction of sp³-hybridized carbons (Fsp3) is 0.429. The van der Waals surface area contributed by atoms with E-state index in [-0.39, 0.29) is 12.0 Å². The Morgan fingerprint density at radius 3 is 3.30 bits per heavy atom. The van der Waals surface area contributed by atoms with Gasteiger partial charge in [-0.2, -0.15) is 0 Å². The Bertz CT molecular complexity index is 557. The Hall–Kier alpha value is -1.92. The number of imidazole rings is 1. The van der Waals surface area contributed by atoms with E-state index in [1.54, 1.807) is 0 Å². The van der Waals surface area contributed by atoms with Crippen molar-refractivity contribution in [2.45, 2.75) is 12.5 Å². The van der Waals surface area contributed by atoms with E-state index in [4.69, 9.17) is 4.74 Å². The fourth-order valence-corrected chi connectivity index (χ4v) is 2.27. The molecule has 2 aromatic rings. The Morgan fingerprint density at radius 2 is 2.50 bits per heavy atom. The van der Waals surface area contributed by atoms with Gasteiger partial charge >= 0.3 is 0 Å². The molecule has 0 radical (unpaired) electrons. The van der Waals surface area contributed by atoms with E-state index in [0.29, 0.717) is 26.1 Å². The van der Waals surface area contributed by atoms with Crippen molar-refractivity contribution < 1.29 is 9.53 Å². The molecule has 20 heavy (non-hydrogen) atoms. The van der Waals surface area contributed by atoms with Crippen LogP contribution in [0.1, 0.15) is 5.69 Å². The number of ether oxygens (including phenoxy) is 1. The van der Waals surface area contributed by atoms with Gasteiger partial charge in [0.1, 0.15) is 11.8 Å². The van der Waals surface area contributed by atoms with E-state index in [0.717, 1.165) is 17.9 Å². The number of rotatable bonds is 4. The van der Waals surface area contributed by atoms with Gasteiger partial charge in [0.15, 0.2) is 0 Å². The molecule has 1 aliphatic heterocycles. The number of morpholine rings is 1. The zero-order chi connectivity index (χ0) is 13.8. The number of carbonyl (C=O) groups is 1. The van der Waals surface area contributed by atoms with Crippen LogP contribution >= 0.6 is 0 Å². The molecule has 1 aliphatic rings. The molecule has 2 N–H and O–H groups in total. The molecule has 3 heterocycles. The third kappa shape index (κ3) is 2.97. The summed E-state index contributed by atoms with van der Waals surface area (Å²) >= 11 is 0. The van der Waals surface area contributed by atoms with Crippen molar-refractivity contribution in [3.8, 4) is 0 Å². The van der Waals surface area contributed by atoms with Crippen LogP contribution in [-0.4, -0.2) is 47.6 Å². The van der Waals surface area contributed by atoms with E-state index in [2.05, 4.69) is 15.6 Å². The number of pyridine rings is 1. The second-order valence-corrected chi connectivity index (χ2v) is 4.80. The molecule has 106 valence electrons. The molecule has 6 heteroatoms. The van der Waals surface area contributed by atoms with Gasteiger partial charge in [0.25, 0.3) is 0 Å². The Balaban J connectivity index is 1.50. The molecular weight excluding hydrogens is 256 g/mol. The number of aromatic nitrogens is 2. The van der Waals surface area contributed by atoms with E-state index >= 15 is 0 Å². The summed E-state index contributed by atoms with van der Waals surface area (Å²) in [6.07, 6.45) is 4.30. The lowest BCUT2D eigenvalue weighted by atomic mass is 10.2. The summed E-state index contributed by atoms with van der Waals surface area (Å²) < 4.78 is 7.37. The Kier molecular flexibility index (Phi) is 3.94. The quantitative estimate of drug-likeness (QED) is 0.822. The van der Waals surface area contributed by atoms with Crippen LogP contribution in [0.15, 0.2) is 30.6 Å². The van der Waals surface area contributed by atoms with Crippen LogP contribution in [0.25, 0.3) is 5.65 Å². The fourth-order valence-electron chi connectivity index (χ4n) is 2.27. The van der Waals surface area contributed by atoms with Gasteiger partial charge < -0.3 is 19.8 Å². The first-order valence-corrected chi connectivity index (χ1v) is 6.85. The summed E-state index contributed by atoms with van der Waals surface area (Å²) in [5.74, 6) is -0.0547. The number of carbonyl (C=O) groups excluding carboxylic acids is 1. The lowest BCUT2D eigenvalue weighted by molar-refractivity contribution is -0.134. The van der Waals surface area contributed by atoms with Crippen molar-refractivity contribution in [1.82, 2.24) is 20.0 Å². The summed E-state index contributed by atoms with van der Waals surface area (Å²) in [5.41, 5.74) is 1.90. The topological polar surface area (TPSA) is 67.7 Å². The van der Waals surface area contributed by atoms with Crippen molar-refractivity contribution in [1.29, 1.82) is 0 Å². The number of fused-ring (bicyclic) bond motifs is 1. The summed E-state index contributed by atoms with van der Waals surface area (Å²) in [4.78, 5) is 16.3. The third-order valence-electron chi connectivity index (χ3n) is 3.31. The maximum absolute atomic E-state index is 11.9. The standard InChI is InChI=1S/C14H18N4O2/c19-14(12-9-15-6-8-20-12)16-5-4-11-10-18-7-2-1-3-13(18)17-11/h1-3,7,10,12,15H,4-6,8-9H2,(H,16,19). The molecule has 3 rings (SSSR count). The number of nitrogens with zero attached hydrogens (tertiary/aromatic N) is 2. The Labute approximate surface area is 117 Å². The third-order valence-corrected chi connectivity index (χ3v) is 3.31. The summed E-state index contributed by atoms with van der Waals surface area (Å²) in [6.45, 7) is 2.55. The van der Waals surface area contributed by atoms with Crippen LogP contribution in [0, 0.1) is 0 Å². The molecule has 1 atom stereocenters. The molecule has 0 saturated carbocycles. The highest BCUT2D eigenvalue weighted by Gasteiger charge is 2.20. The summed E-state index contributed by atoms with van der Waals surface area (Å²) in [7, 11) is 0. The molecule has 0 spiro atoms. The van der Waals surface area contributed by atoms with Gasteiger partial charge in [-0.15, -0.1) is 0 Å². The maximum atomic E-state index is 11.9. The van der Waals surface area contributed by atoms with E-state index in [1.165, 1.54) is 0 Å². The molecule has 1 fully saturated rings. The minimum Gasteiger partial charge on any atom is -0.366 e. The monoisotopic (exact) mass is 274 g/mol. The first-order valence-electron chi connectivity index (χ1n) is 6.85. The first-order chi connectivity index (χ1) is 9.83. The molecule has 6 nitrogen and oxygen atoms in total. The summed E-state index contributed by atoms with van der Waals surface area (Å²) in [5, 5.41) is 6.03. The number of hydrogen-bond acceptors (Lipinski definition) is 4. The molecule has 0 aliphatic carbocycles. The molecule has 0 aromatic carbocycles. The van der Waals surface area contributed by atoms with E-state index < -0.39 is 0 Å². The highest BCUT2D eigenvalue weighted by molar-refractivity contribution is 5.81. The van der Waals surface area contributed by atoms with Crippen molar-refractivity contribution in [3.63, 3.8) is 0 Å². The average Bonchev–Trinajstić information content (AvgIpc) is 2.90. The highest BCUT2D eigenvalue weighted by Crippen LogP contribution is 2.04. The molecule has 1 amide bonds. The van der Waals surface area contributed by atoms with Gasteiger partial charge in [0.2, 0.25) is 5.91 Å². The van der Waals surface area contributed by atoms with Crippen LogP contribution in [-0.2, 0) is 16.0 Å². The first kappa shape index (κ1) is 13.1. The van der Waals surface area contributed by atoms with Gasteiger partial charge in [0, 0.05) is 38.4 Å². The zero-order valence-electron chi connectivity index (χ0n) is 11.2. The predicted octanol–water partition coefficient (Wildman–Crippen LogP) is -0.0186. The maximum Gasteiger partial charge on any atom is 0.250 e. The molecule has 1 unspecified atom stereocenters. The second kappa shape index (κ2) is 6.02. The normalized spacial score (nSPS) is 19.1. The smallest absolute Gasteiger partial charge is 0.250 e. The molecule has 1 saturated heterocycles. The van der Waals surface area contributed by atoms with Crippen LogP contribution in [0.5, 0.6) is 0 Å². The van der Waals surface area contributed by atoms with Crippen molar-refractivity contribution in [2.75, 3.05) is 26.2 Å². The van der Waals surface area contributed by atoms with Gasteiger partial charge in [-0.3, -0.25) is 4.79 Å². The van der Waals surface area contributed by atoms with Crippen LogP contribution < -0.4 is 10.6 Å². The number of hydrogen-bond donors (Lipinski definition) is 2. The van der Waals surface area contributed by atoms with E-state index in [9.17, 15) is 4.79 Å². The highest BCUT2D eigenvalue weighted by atomic mass is 16.5. The zero-order valence-corrected chi connectivity index (χ0v) is 11.2. The van der Waals surface area contributed by atoms with Gasteiger partial charge in [0.05, 0.1) is 12.3 Å². The lowest BCUT2D eigenvalue weighted by Crippen LogP contribution is -2.48. The second-order valence-electron chi connectivity index (χ2n) is 4.80. The number of nitrogens with one attached hydrogen (secondary N) is 2. The van der Waals surface area contributed by atoms with Gasteiger partial charge in [-0.05, 0) is 12.1 Å². The molecular formula is C14H18N4O2. The van der Waals surface area contributed by atoms with Gasteiger partial charge in [-0.25, -0.2) is 4.98 Å². The van der Waals surface area contributed by atoms with Crippen LogP contribution in [0.4, 0.5) is 0 Å². The van der Waals surface area contributed by atoms with Crippen molar-refractivity contribution in [3.05, 3.63) is 36.3 Å². The Morgan fingerprint density at radius 1 is 1.55 bits per heavy atom. The molecule has 2 aromatic heterocycles. The lowest BCUT2D eigenvalue weighted by Gasteiger charge is -2.22. The van der Waals surface area contributed by atoms with Crippen LogP contribution in [0.3, 0.4) is 0 Å². The minimum absolute atomic E-state index is 0.0547. The summed E-state index contributed by atoms with van der Waals surface area (Å²) in [6, 6.07) is 5.89. The average molecular weight is 274 g/mol.